The van der Waals surface area contributed by atoms with Crippen LogP contribution in [-0.2, 0) is 9.59 Å². The molecule has 0 aromatic rings. The number of amides is 2. The highest BCUT2D eigenvalue weighted by Gasteiger charge is 2.31. The Bertz CT molecular complexity index is 354. The topological polar surface area (TPSA) is 40.6 Å². The van der Waals surface area contributed by atoms with Gasteiger partial charge in [-0.15, -0.1) is 0 Å². The predicted molar refractivity (Wildman–Crippen MR) is 83.8 cm³/mol. The molecule has 2 amide bonds. The van der Waals surface area contributed by atoms with Crippen LogP contribution in [0.1, 0.15) is 58.8 Å². The molecule has 1 aliphatic heterocycles. The SMILES string of the molecule is CCCCC1CCC(C(=O)N2CCN(C(C)=O)CC2)CC1. The van der Waals surface area contributed by atoms with Gasteiger partial charge in [0.1, 0.15) is 0 Å². The molecule has 0 radical (unpaired) electrons. The Morgan fingerprint density at radius 3 is 2.05 bits per heavy atom. The van der Waals surface area contributed by atoms with E-state index in [0.717, 1.165) is 18.8 Å². The molecule has 0 atom stereocenters. The van der Waals surface area contributed by atoms with E-state index in [4.69, 9.17) is 0 Å². The van der Waals surface area contributed by atoms with Gasteiger partial charge in [0.05, 0.1) is 0 Å². The molecule has 0 unspecified atom stereocenters. The molecule has 1 aliphatic carbocycles. The van der Waals surface area contributed by atoms with Crippen LogP contribution in [0.2, 0.25) is 0 Å². The van der Waals surface area contributed by atoms with Crippen molar-refractivity contribution in [1.82, 2.24) is 9.80 Å². The number of hydrogen-bond acceptors (Lipinski definition) is 2. The van der Waals surface area contributed by atoms with Gasteiger partial charge in [-0.2, -0.15) is 0 Å². The minimum atomic E-state index is 0.124. The molecule has 1 saturated carbocycles. The summed E-state index contributed by atoms with van der Waals surface area (Å²) < 4.78 is 0. The first kappa shape index (κ1) is 16.3. The second kappa shape index (κ2) is 7.81. The summed E-state index contributed by atoms with van der Waals surface area (Å²) in [5.41, 5.74) is 0. The van der Waals surface area contributed by atoms with Crippen LogP contribution >= 0.6 is 0 Å². The molecule has 4 heteroatoms. The molecular weight excluding hydrogens is 264 g/mol. The maximum absolute atomic E-state index is 12.6. The van der Waals surface area contributed by atoms with Crippen molar-refractivity contribution in [3.63, 3.8) is 0 Å². The average Bonchev–Trinajstić information content (AvgIpc) is 2.53. The number of rotatable bonds is 4. The maximum Gasteiger partial charge on any atom is 0.225 e. The van der Waals surface area contributed by atoms with Crippen molar-refractivity contribution in [3.8, 4) is 0 Å². The zero-order valence-electron chi connectivity index (χ0n) is 13.6. The van der Waals surface area contributed by atoms with Crippen molar-refractivity contribution >= 4 is 11.8 Å². The second-order valence-corrected chi connectivity index (χ2v) is 6.69. The quantitative estimate of drug-likeness (QED) is 0.800. The molecule has 1 heterocycles. The monoisotopic (exact) mass is 294 g/mol. The van der Waals surface area contributed by atoms with Crippen LogP contribution in [0.4, 0.5) is 0 Å². The molecule has 0 N–H and O–H groups in total. The zero-order chi connectivity index (χ0) is 15.2. The summed E-state index contributed by atoms with van der Waals surface area (Å²) in [6, 6.07) is 0. The molecule has 21 heavy (non-hydrogen) atoms. The van der Waals surface area contributed by atoms with E-state index in [-0.39, 0.29) is 11.8 Å². The number of carbonyl (C=O) groups excluding carboxylic acids is 2. The van der Waals surface area contributed by atoms with Gasteiger partial charge in [0, 0.05) is 39.0 Å². The number of nitrogens with zero attached hydrogens (tertiary/aromatic N) is 2. The molecule has 0 aromatic heterocycles. The lowest BCUT2D eigenvalue weighted by molar-refractivity contribution is -0.142. The smallest absolute Gasteiger partial charge is 0.225 e. The minimum Gasteiger partial charge on any atom is -0.339 e. The number of piperazine rings is 1. The van der Waals surface area contributed by atoms with Crippen molar-refractivity contribution in [2.75, 3.05) is 26.2 Å². The number of unbranched alkanes of at least 4 members (excludes halogenated alkanes) is 1. The normalized spacial score (nSPS) is 26.8. The first-order valence-electron chi connectivity index (χ1n) is 8.66. The van der Waals surface area contributed by atoms with E-state index >= 15 is 0 Å². The molecule has 0 bridgehead atoms. The summed E-state index contributed by atoms with van der Waals surface area (Å²) in [5, 5.41) is 0. The van der Waals surface area contributed by atoms with E-state index in [1.807, 2.05) is 9.80 Å². The van der Waals surface area contributed by atoms with Gasteiger partial charge >= 0.3 is 0 Å². The van der Waals surface area contributed by atoms with Crippen LogP contribution in [-0.4, -0.2) is 47.8 Å². The standard InChI is InChI=1S/C17H30N2O2/c1-3-4-5-15-6-8-16(9-7-15)17(21)19-12-10-18(11-13-19)14(2)20/h15-16H,3-13H2,1-2H3. The summed E-state index contributed by atoms with van der Waals surface area (Å²) in [6.07, 6.45) is 8.54. The molecular formula is C17H30N2O2. The zero-order valence-corrected chi connectivity index (χ0v) is 13.6. The van der Waals surface area contributed by atoms with Crippen LogP contribution in [0.15, 0.2) is 0 Å². The van der Waals surface area contributed by atoms with Crippen LogP contribution in [0, 0.1) is 11.8 Å². The first-order valence-corrected chi connectivity index (χ1v) is 8.66. The number of hydrogen-bond donors (Lipinski definition) is 0. The van der Waals surface area contributed by atoms with Crippen LogP contribution < -0.4 is 0 Å². The van der Waals surface area contributed by atoms with Crippen LogP contribution in [0.3, 0.4) is 0 Å². The van der Waals surface area contributed by atoms with Crippen molar-refractivity contribution in [2.24, 2.45) is 11.8 Å². The molecule has 1 saturated heterocycles. The van der Waals surface area contributed by atoms with Gasteiger partial charge in [-0.3, -0.25) is 9.59 Å². The number of carbonyl (C=O) groups is 2. The second-order valence-electron chi connectivity index (χ2n) is 6.69. The van der Waals surface area contributed by atoms with Gasteiger partial charge in [0.2, 0.25) is 11.8 Å². The molecule has 120 valence electrons. The molecule has 2 aliphatic rings. The van der Waals surface area contributed by atoms with Crippen molar-refractivity contribution in [2.45, 2.75) is 58.8 Å². The molecule has 4 nitrogen and oxygen atoms in total. The van der Waals surface area contributed by atoms with Gasteiger partial charge in [0.15, 0.2) is 0 Å². The predicted octanol–water partition coefficient (Wildman–Crippen LogP) is 2.67. The Labute approximate surface area is 128 Å². The largest absolute Gasteiger partial charge is 0.339 e. The third-order valence-corrected chi connectivity index (χ3v) is 5.20. The third kappa shape index (κ3) is 4.45. The fourth-order valence-corrected chi connectivity index (χ4v) is 3.69. The fraction of sp³-hybridized carbons (Fsp3) is 0.882. The van der Waals surface area contributed by atoms with Gasteiger partial charge in [-0.1, -0.05) is 26.2 Å². The van der Waals surface area contributed by atoms with Gasteiger partial charge in [0.25, 0.3) is 0 Å². The third-order valence-electron chi connectivity index (χ3n) is 5.20. The lowest BCUT2D eigenvalue weighted by Crippen LogP contribution is -2.51. The average molecular weight is 294 g/mol. The summed E-state index contributed by atoms with van der Waals surface area (Å²) in [5.74, 6) is 1.56. The summed E-state index contributed by atoms with van der Waals surface area (Å²) in [7, 11) is 0. The molecule has 2 fully saturated rings. The van der Waals surface area contributed by atoms with Crippen LogP contribution in [0.25, 0.3) is 0 Å². The first-order chi connectivity index (χ1) is 10.1. The Kier molecular flexibility index (Phi) is 6.07. The minimum absolute atomic E-state index is 0.124. The molecule has 0 spiro atoms. The summed E-state index contributed by atoms with van der Waals surface area (Å²) >= 11 is 0. The van der Waals surface area contributed by atoms with E-state index in [0.29, 0.717) is 32.1 Å². The van der Waals surface area contributed by atoms with Gasteiger partial charge < -0.3 is 9.80 Å². The highest BCUT2D eigenvalue weighted by Crippen LogP contribution is 2.33. The van der Waals surface area contributed by atoms with Crippen LogP contribution in [0.5, 0.6) is 0 Å². The van der Waals surface area contributed by atoms with E-state index in [1.54, 1.807) is 6.92 Å². The Balaban J connectivity index is 1.74. The Morgan fingerprint density at radius 2 is 1.52 bits per heavy atom. The summed E-state index contributed by atoms with van der Waals surface area (Å²) in [4.78, 5) is 27.7. The van der Waals surface area contributed by atoms with Crippen molar-refractivity contribution in [3.05, 3.63) is 0 Å². The van der Waals surface area contributed by atoms with Gasteiger partial charge in [-0.05, 0) is 31.6 Å². The lowest BCUT2D eigenvalue weighted by Gasteiger charge is -2.37. The highest BCUT2D eigenvalue weighted by atomic mass is 16.2. The molecule has 2 rings (SSSR count). The van der Waals surface area contributed by atoms with Gasteiger partial charge in [-0.25, -0.2) is 0 Å². The van der Waals surface area contributed by atoms with E-state index in [9.17, 15) is 9.59 Å². The maximum atomic E-state index is 12.6. The van der Waals surface area contributed by atoms with Crippen molar-refractivity contribution in [1.29, 1.82) is 0 Å². The lowest BCUT2D eigenvalue weighted by atomic mass is 9.79. The Morgan fingerprint density at radius 1 is 0.952 bits per heavy atom. The molecule has 0 aromatic carbocycles. The van der Waals surface area contributed by atoms with Crippen molar-refractivity contribution < 1.29 is 9.59 Å². The summed E-state index contributed by atoms with van der Waals surface area (Å²) in [6.45, 7) is 6.69. The highest BCUT2D eigenvalue weighted by molar-refractivity contribution is 5.79. The fourth-order valence-electron chi connectivity index (χ4n) is 3.69. The van der Waals surface area contributed by atoms with E-state index in [2.05, 4.69) is 6.92 Å². The Hall–Kier alpha value is -1.06. The van der Waals surface area contributed by atoms with E-state index < -0.39 is 0 Å². The van der Waals surface area contributed by atoms with E-state index in [1.165, 1.54) is 32.1 Å².